The quantitative estimate of drug-likeness (QED) is 0.263. The zero-order chi connectivity index (χ0) is 24.9. The van der Waals surface area contributed by atoms with E-state index in [9.17, 15) is 4.79 Å². The third kappa shape index (κ3) is 5.37. The van der Waals surface area contributed by atoms with Crippen molar-refractivity contribution in [1.29, 1.82) is 0 Å². The highest BCUT2D eigenvalue weighted by atomic mass is 32.2. The molecule has 3 aromatic carbocycles. The number of aryl methyl sites for hydroxylation is 2. The predicted octanol–water partition coefficient (Wildman–Crippen LogP) is 6.49. The Balaban J connectivity index is 1.33. The number of pyridine rings is 1. The number of aromatic nitrogens is 4. The average molecular weight is 492 g/mol. The van der Waals surface area contributed by atoms with E-state index in [1.54, 1.807) is 24.2 Å². The number of carbonyl (C=O) groups excluding carboxylic acids is 1. The highest BCUT2D eigenvalue weighted by Gasteiger charge is 2.16. The number of thioether (sulfide) groups is 1. The first-order valence-electron chi connectivity index (χ1n) is 11.6. The third-order valence-electron chi connectivity index (χ3n) is 5.72. The molecule has 0 aliphatic carbocycles. The van der Waals surface area contributed by atoms with Crippen LogP contribution in [0.25, 0.3) is 17.1 Å². The van der Waals surface area contributed by atoms with Gasteiger partial charge in [0.25, 0.3) is 5.91 Å². The first-order valence-corrected chi connectivity index (χ1v) is 12.6. The minimum absolute atomic E-state index is 0.124. The summed E-state index contributed by atoms with van der Waals surface area (Å²) in [7, 11) is 0. The minimum atomic E-state index is -0.124. The van der Waals surface area contributed by atoms with Crippen LogP contribution in [0.1, 0.15) is 27.0 Å². The number of nitrogens with zero attached hydrogens (tertiary/aromatic N) is 4. The minimum Gasteiger partial charge on any atom is -0.322 e. The summed E-state index contributed by atoms with van der Waals surface area (Å²) < 4.78 is 2.07. The second-order valence-electron chi connectivity index (χ2n) is 8.52. The normalized spacial score (nSPS) is 10.8. The van der Waals surface area contributed by atoms with Crippen LogP contribution >= 0.6 is 11.8 Å². The summed E-state index contributed by atoms with van der Waals surface area (Å²) >= 11 is 1.61. The number of carbonyl (C=O) groups is 1. The van der Waals surface area contributed by atoms with E-state index < -0.39 is 0 Å². The molecule has 5 aromatic rings. The molecule has 178 valence electrons. The van der Waals surface area contributed by atoms with Gasteiger partial charge < -0.3 is 5.32 Å². The van der Waals surface area contributed by atoms with E-state index in [4.69, 9.17) is 0 Å². The summed E-state index contributed by atoms with van der Waals surface area (Å²) in [6.07, 6.45) is 3.51. The van der Waals surface area contributed by atoms with Crippen LogP contribution in [0.3, 0.4) is 0 Å². The summed E-state index contributed by atoms with van der Waals surface area (Å²) in [5, 5.41) is 12.7. The van der Waals surface area contributed by atoms with Crippen LogP contribution in [0.4, 0.5) is 5.69 Å². The molecule has 0 bridgehead atoms. The van der Waals surface area contributed by atoms with Crippen molar-refractivity contribution in [2.75, 3.05) is 5.32 Å². The van der Waals surface area contributed by atoms with Crippen LogP contribution in [0, 0.1) is 13.8 Å². The van der Waals surface area contributed by atoms with Crippen molar-refractivity contribution in [1.82, 2.24) is 19.7 Å². The maximum atomic E-state index is 12.6. The molecule has 2 heterocycles. The topological polar surface area (TPSA) is 72.7 Å². The number of benzene rings is 3. The summed E-state index contributed by atoms with van der Waals surface area (Å²) in [4.78, 5) is 16.8. The molecule has 0 fully saturated rings. The van der Waals surface area contributed by atoms with Gasteiger partial charge in [0.2, 0.25) is 0 Å². The van der Waals surface area contributed by atoms with Crippen LogP contribution in [0.2, 0.25) is 0 Å². The lowest BCUT2D eigenvalue weighted by Gasteiger charge is -2.11. The summed E-state index contributed by atoms with van der Waals surface area (Å²) in [5.74, 6) is 1.34. The molecule has 0 aliphatic rings. The van der Waals surface area contributed by atoms with E-state index in [1.807, 2.05) is 67.6 Å². The molecule has 2 aromatic heterocycles. The Morgan fingerprint density at radius 3 is 2.33 bits per heavy atom. The van der Waals surface area contributed by atoms with Gasteiger partial charge in [-0.3, -0.25) is 14.3 Å². The molecule has 36 heavy (non-hydrogen) atoms. The van der Waals surface area contributed by atoms with E-state index >= 15 is 0 Å². The molecule has 1 amide bonds. The smallest absolute Gasteiger partial charge is 0.255 e. The molecule has 1 N–H and O–H groups in total. The highest BCUT2D eigenvalue weighted by Crippen LogP contribution is 2.30. The molecular weight excluding hydrogens is 466 g/mol. The molecule has 6 nitrogen and oxygen atoms in total. The van der Waals surface area contributed by atoms with E-state index in [0.29, 0.717) is 11.3 Å². The summed E-state index contributed by atoms with van der Waals surface area (Å²) in [6, 6.07) is 27.6. The first kappa shape index (κ1) is 23.5. The van der Waals surface area contributed by atoms with Gasteiger partial charge in [-0.15, -0.1) is 10.2 Å². The fourth-order valence-electron chi connectivity index (χ4n) is 3.80. The van der Waals surface area contributed by atoms with Gasteiger partial charge in [-0.05, 0) is 73.5 Å². The van der Waals surface area contributed by atoms with Gasteiger partial charge >= 0.3 is 0 Å². The van der Waals surface area contributed by atoms with Gasteiger partial charge in [-0.1, -0.05) is 53.7 Å². The van der Waals surface area contributed by atoms with E-state index in [1.165, 1.54) is 5.56 Å². The van der Waals surface area contributed by atoms with Gasteiger partial charge in [0.1, 0.15) is 0 Å². The summed E-state index contributed by atoms with van der Waals surface area (Å²) in [6.45, 7) is 4.07. The summed E-state index contributed by atoms with van der Waals surface area (Å²) in [5.41, 5.74) is 6.75. The van der Waals surface area contributed by atoms with Crippen molar-refractivity contribution in [3.05, 3.63) is 120 Å². The van der Waals surface area contributed by atoms with Crippen molar-refractivity contribution in [2.45, 2.75) is 24.8 Å². The number of hydrogen-bond acceptors (Lipinski definition) is 5. The van der Waals surface area contributed by atoms with Crippen LogP contribution < -0.4 is 5.32 Å². The van der Waals surface area contributed by atoms with Gasteiger partial charge in [0, 0.05) is 40.6 Å². The number of amides is 1. The molecular formula is C29H25N5OS. The Hall–Kier alpha value is -4.23. The lowest BCUT2D eigenvalue weighted by molar-refractivity contribution is 0.102. The predicted molar refractivity (Wildman–Crippen MR) is 144 cm³/mol. The SMILES string of the molecule is Cc1ccc(-n2c(SCc3ccc(C(=O)Nc4cccc(C)c4)cc3)nnc2-c2ccncc2)cc1. The monoisotopic (exact) mass is 491 g/mol. The molecule has 0 saturated carbocycles. The van der Waals surface area contributed by atoms with Crippen LogP contribution in [-0.4, -0.2) is 25.7 Å². The van der Waals surface area contributed by atoms with Crippen molar-refractivity contribution in [3.63, 3.8) is 0 Å². The third-order valence-corrected chi connectivity index (χ3v) is 6.72. The fourth-order valence-corrected chi connectivity index (χ4v) is 4.71. The standard InChI is InChI=1S/C29H25N5OS/c1-20-6-12-26(13-7-20)34-27(23-14-16-30-17-15-23)32-33-29(34)36-19-22-8-10-24(11-9-22)28(35)31-25-5-3-4-21(2)18-25/h3-18H,19H2,1-2H3,(H,31,35). The lowest BCUT2D eigenvalue weighted by Crippen LogP contribution is -2.11. The molecule has 0 aliphatic heterocycles. The Labute approximate surface area is 214 Å². The lowest BCUT2D eigenvalue weighted by atomic mass is 10.1. The molecule has 0 atom stereocenters. The van der Waals surface area contributed by atoms with Crippen LogP contribution in [0.5, 0.6) is 0 Å². The maximum absolute atomic E-state index is 12.6. The van der Waals surface area contributed by atoms with Gasteiger partial charge in [0.15, 0.2) is 11.0 Å². The van der Waals surface area contributed by atoms with Gasteiger partial charge in [-0.2, -0.15) is 0 Å². The van der Waals surface area contributed by atoms with Crippen molar-refractivity contribution < 1.29 is 4.79 Å². The van der Waals surface area contributed by atoms with Gasteiger partial charge in [0.05, 0.1) is 0 Å². The number of nitrogens with one attached hydrogen (secondary N) is 1. The largest absolute Gasteiger partial charge is 0.322 e. The van der Waals surface area contributed by atoms with E-state index in [0.717, 1.165) is 39.0 Å². The van der Waals surface area contributed by atoms with E-state index in [-0.39, 0.29) is 5.91 Å². The number of hydrogen-bond donors (Lipinski definition) is 1. The fraction of sp³-hybridized carbons (Fsp3) is 0.103. The average Bonchev–Trinajstić information content (AvgIpc) is 3.33. The Kier molecular flexibility index (Phi) is 6.91. The Morgan fingerprint density at radius 1 is 0.861 bits per heavy atom. The zero-order valence-corrected chi connectivity index (χ0v) is 20.9. The number of anilines is 1. The highest BCUT2D eigenvalue weighted by molar-refractivity contribution is 7.98. The first-order chi connectivity index (χ1) is 17.6. The number of rotatable bonds is 7. The van der Waals surface area contributed by atoms with Crippen molar-refractivity contribution >= 4 is 23.4 Å². The van der Waals surface area contributed by atoms with Crippen LogP contribution in [-0.2, 0) is 5.75 Å². The Morgan fingerprint density at radius 2 is 1.61 bits per heavy atom. The van der Waals surface area contributed by atoms with Gasteiger partial charge in [-0.25, -0.2) is 0 Å². The Bertz CT molecular complexity index is 1480. The molecule has 7 heteroatoms. The van der Waals surface area contributed by atoms with E-state index in [2.05, 4.69) is 56.3 Å². The molecule has 0 radical (unpaired) electrons. The maximum Gasteiger partial charge on any atom is 0.255 e. The molecule has 5 rings (SSSR count). The molecule has 0 unspecified atom stereocenters. The zero-order valence-electron chi connectivity index (χ0n) is 20.1. The van der Waals surface area contributed by atoms with Crippen molar-refractivity contribution in [3.8, 4) is 17.1 Å². The van der Waals surface area contributed by atoms with Crippen LogP contribution in [0.15, 0.2) is 102 Å². The molecule has 0 saturated heterocycles. The second kappa shape index (κ2) is 10.6. The van der Waals surface area contributed by atoms with Crippen molar-refractivity contribution in [2.24, 2.45) is 0 Å². The second-order valence-corrected chi connectivity index (χ2v) is 9.46. The molecule has 0 spiro atoms.